The van der Waals surface area contributed by atoms with Crippen LogP contribution in [0.4, 0.5) is 0 Å². The standard InChI is InChI=1S/C32H34N16O11S6/c1-4-20-39-41-30(58-20)65-8-17-6-63-28-32(56-3,38-19(50)10-61-15-46-36-11-33-43-46)26(54)48(28)22(17)24(52)59-23(51)21-16(7-64-29-40-35-13-57-29)5-62-27-31(55-2,25(53)47(21)27)37-18(49)9-60-14-45-12-34-42-44-45/h11-13,27-28H,4-10,14-15H2,1-3H3,(H,37,49)(H,38,50). The molecule has 0 aliphatic carbocycles. The van der Waals surface area contributed by atoms with Crippen molar-refractivity contribution in [1.82, 2.24) is 81.2 Å². The third-order valence-electron chi connectivity index (χ3n) is 9.60. The molecular formula is C32H34N16O11S6. The monoisotopic (exact) mass is 1010 g/mol. The lowest BCUT2D eigenvalue weighted by Crippen LogP contribution is -2.81. The highest BCUT2D eigenvalue weighted by atomic mass is 32.2. The van der Waals surface area contributed by atoms with Crippen molar-refractivity contribution in [2.75, 3.05) is 48.7 Å². The predicted octanol–water partition coefficient (Wildman–Crippen LogP) is -1.02. The van der Waals surface area contributed by atoms with Crippen LogP contribution in [0.1, 0.15) is 12.8 Å². The smallest absolute Gasteiger partial charge is 0.363 e. The molecule has 4 atom stereocenters. The Morgan fingerprint density at radius 1 is 0.815 bits per heavy atom. The number of tetrazole rings is 2. The van der Waals surface area contributed by atoms with Crippen molar-refractivity contribution in [2.45, 2.75) is 57.7 Å². The van der Waals surface area contributed by atoms with Gasteiger partial charge in [0.1, 0.15) is 34.3 Å². The molecule has 27 nitrogen and oxygen atoms in total. The molecule has 33 heteroatoms. The highest BCUT2D eigenvalue weighted by molar-refractivity contribution is 8.01. The van der Waals surface area contributed by atoms with Crippen LogP contribution in [0.2, 0.25) is 0 Å². The van der Waals surface area contributed by atoms with Crippen LogP contribution >= 0.6 is 70.6 Å². The number of nitrogens with one attached hydrogen (secondary N) is 2. The maximum atomic E-state index is 14.5. The molecule has 2 saturated heterocycles. The Bertz CT molecular complexity index is 2490. The molecule has 4 unspecified atom stereocenters. The highest BCUT2D eigenvalue weighted by Gasteiger charge is 2.68. The summed E-state index contributed by atoms with van der Waals surface area (Å²) in [6, 6.07) is 0. The third kappa shape index (κ3) is 9.35. The highest BCUT2D eigenvalue weighted by Crippen LogP contribution is 2.49. The van der Waals surface area contributed by atoms with Gasteiger partial charge in [-0.3, -0.25) is 29.0 Å². The van der Waals surface area contributed by atoms with Crippen molar-refractivity contribution in [3.63, 3.8) is 0 Å². The van der Waals surface area contributed by atoms with Gasteiger partial charge < -0.3 is 33.7 Å². The van der Waals surface area contributed by atoms with E-state index in [-0.39, 0.29) is 68.1 Å². The van der Waals surface area contributed by atoms with E-state index in [1.54, 1.807) is 0 Å². The van der Waals surface area contributed by atoms with Crippen LogP contribution in [0.25, 0.3) is 0 Å². The minimum absolute atomic E-state index is 0.0476. The van der Waals surface area contributed by atoms with E-state index in [0.29, 0.717) is 23.5 Å². The van der Waals surface area contributed by atoms with Gasteiger partial charge in [-0.15, -0.1) is 82.7 Å². The van der Waals surface area contributed by atoms with Crippen molar-refractivity contribution in [3.05, 3.63) is 47.5 Å². The number of rotatable bonds is 21. The number of fused-ring (bicyclic) bond motifs is 2. The maximum absolute atomic E-state index is 14.5. The van der Waals surface area contributed by atoms with Gasteiger partial charge in [-0.1, -0.05) is 30.4 Å². The normalized spacial score (nSPS) is 22.6. The van der Waals surface area contributed by atoms with E-state index in [4.69, 9.17) is 23.0 Å². The molecule has 0 saturated carbocycles. The summed E-state index contributed by atoms with van der Waals surface area (Å²) in [5.41, 5.74) is -3.60. The van der Waals surface area contributed by atoms with Crippen LogP contribution in [0, 0.1) is 0 Å². The first-order valence-electron chi connectivity index (χ1n) is 18.8. The molecule has 2 N–H and O–H groups in total. The number of hydrogen-bond acceptors (Lipinski definition) is 27. The van der Waals surface area contributed by atoms with E-state index in [1.165, 1.54) is 71.6 Å². The van der Waals surface area contributed by atoms with Crippen LogP contribution in [0.5, 0.6) is 0 Å². The number of hydrogen-bond donors (Lipinski definition) is 2. The summed E-state index contributed by atoms with van der Waals surface area (Å²) in [4.78, 5) is 87.3. The van der Waals surface area contributed by atoms with Crippen LogP contribution in [-0.2, 0) is 61.2 Å². The molecule has 0 radical (unpaired) electrons. The molecule has 0 spiro atoms. The third-order valence-corrected chi connectivity index (χ3v) is 16.0. The fraction of sp³-hybridized carbons (Fsp3) is 0.500. The van der Waals surface area contributed by atoms with Crippen LogP contribution in [-0.4, -0.2) is 177 Å². The number of thioether (sulfide) groups is 6. The van der Waals surface area contributed by atoms with Gasteiger partial charge in [0.25, 0.3) is 33.7 Å². The van der Waals surface area contributed by atoms with E-state index >= 15 is 0 Å². The lowest BCUT2D eigenvalue weighted by atomic mass is 9.98. The molecule has 8 heterocycles. The molecule has 0 bridgehead atoms. The number of esters is 2. The largest absolute Gasteiger partial charge is 0.419 e. The molecule has 2 fully saturated rings. The summed E-state index contributed by atoms with van der Waals surface area (Å²) < 4.78 is 29.3. The van der Waals surface area contributed by atoms with Crippen molar-refractivity contribution in [1.29, 1.82) is 0 Å². The fourth-order valence-electron chi connectivity index (χ4n) is 6.65. The Kier molecular flexibility index (Phi) is 14.5. The van der Waals surface area contributed by atoms with Crippen LogP contribution in [0.3, 0.4) is 0 Å². The second-order valence-corrected chi connectivity index (χ2v) is 19.3. The summed E-state index contributed by atoms with van der Waals surface area (Å²) in [7, 11) is 2.50. The van der Waals surface area contributed by atoms with Gasteiger partial charge in [0.15, 0.2) is 6.33 Å². The number of β-lactam (4-membered cyclic amide) rings is 2. The number of ether oxygens (including phenoxy) is 3. The van der Waals surface area contributed by atoms with Gasteiger partial charge in [-0.05, 0) is 26.8 Å². The molecule has 4 aliphatic heterocycles. The van der Waals surface area contributed by atoms with Gasteiger partial charge in [-0.2, -0.15) is 4.80 Å². The first-order valence-corrected chi connectivity index (χ1v) is 25.1. The first kappa shape index (κ1) is 46.5. The van der Waals surface area contributed by atoms with Crippen molar-refractivity contribution in [3.8, 4) is 0 Å². The summed E-state index contributed by atoms with van der Waals surface area (Å²) >= 11 is 6.92. The lowest BCUT2D eigenvalue weighted by molar-refractivity contribution is -0.194. The van der Waals surface area contributed by atoms with Crippen molar-refractivity contribution in [2.24, 2.45) is 0 Å². The summed E-state index contributed by atoms with van der Waals surface area (Å²) in [6.07, 6.45) is 4.26. The molecule has 0 aromatic carbocycles. The molecule has 4 aromatic heterocycles. The van der Waals surface area contributed by atoms with Gasteiger partial charge in [0.2, 0.25) is 24.1 Å². The lowest BCUT2D eigenvalue weighted by Gasteiger charge is -2.56. The minimum atomic E-state index is -1.88. The van der Waals surface area contributed by atoms with Crippen LogP contribution < -0.4 is 10.6 Å². The Balaban J connectivity index is 1.04. The molecule has 4 aliphatic rings. The maximum Gasteiger partial charge on any atom is 0.363 e. The fourth-order valence-corrected chi connectivity index (χ4v) is 12.6. The molecule has 4 aromatic rings. The van der Waals surface area contributed by atoms with E-state index in [9.17, 15) is 28.8 Å². The SMILES string of the molecule is CCc1nnc(SCC2=C(C(=O)OC(=O)C3=C(CSc4nnco4)CSC4N3C(=O)C4(NC(=O)CSCn3cnnn3)OC)N3C(=O)C(NC(=O)CSCn4ncnn4)(OC)C3SC2)o1. The van der Waals surface area contributed by atoms with Crippen LogP contribution in [0.15, 0.2) is 60.9 Å². The average Bonchev–Trinajstić information content (AvgIpc) is 4.18. The summed E-state index contributed by atoms with van der Waals surface area (Å²) in [5.74, 6) is -4.15. The van der Waals surface area contributed by atoms with E-state index in [0.717, 1.165) is 51.5 Å². The molecule has 344 valence electrons. The van der Waals surface area contributed by atoms with Crippen molar-refractivity contribution >= 4 is 106 Å². The summed E-state index contributed by atoms with van der Waals surface area (Å²) in [6.45, 7) is 1.84. The minimum Gasteiger partial charge on any atom is -0.419 e. The van der Waals surface area contributed by atoms with Crippen molar-refractivity contribution < 1.29 is 51.8 Å². The van der Waals surface area contributed by atoms with E-state index in [2.05, 4.69) is 62.0 Å². The number of carbonyl (C=O) groups is 6. The van der Waals surface area contributed by atoms with Gasteiger partial charge >= 0.3 is 11.9 Å². The van der Waals surface area contributed by atoms with E-state index < -0.39 is 57.8 Å². The summed E-state index contributed by atoms with van der Waals surface area (Å²) in [5, 5.41) is 41.5. The number of methoxy groups -OCH3 is 2. The first-order chi connectivity index (χ1) is 31.5. The van der Waals surface area contributed by atoms with Gasteiger partial charge in [0.05, 0.1) is 17.4 Å². The topological polar surface area (TPSA) is 326 Å². The Morgan fingerprint density at radius 2 is 1.43 bits per heavy atom. The second-order valence-electron chi connectivity index (χ2n) is 13.4. The number of carbonyl (C=O) groups excluding carboxylic acids is 6. The Morgan fingerprint density at radius 3 is 1.94 bits per heavy atom. The zero-order valence-corrected chi connectivity index (χ0v) is 38.9. The molecule has 4 amide bonds. The Labute approximate surface area is 391 Å². The second kappa shape index (κ2) is 20.2. The quantitative estimate of drug-likeness (QED) is 0.0332. The Hall–Kier alpha value is -5.06. The van der Waals surface area contributed by atoms with Gasteiger partial charge in [-0.25, -0.2) is 14.3 Å². The molecule has 8 rings (SSSR count). The number of nitrogens with zero attached hydrogens (tertiary/aromatic N) is 14. The zero-order chi connectivity index (χ0) is 45.7. The van der Waals surface area contributed by atoms with E-state index in [1.807, 2.05) is 6.92 Å². The number of amides is 4. The number of aromatic nitrogens is 12. The number of aryl methyl sites for hydroxylation is 1. The molecule has 65 heavy (non-hydrogen) atoms. The molecular weight excluding hydrogens is 977 g/mol. The predicted molar refractivity (Wildman–Crippen MR) is 227 cm³/mol. The van der Waals surface area contributed by atoms with Gasteiger partial charge in [0, 0.05) is 43.7 Å². The average molecular weight is 1010 g/mol. The zero-order valence-electron chi connectivity index (χ0n) is 34.0.